The number of hydrogen-bond acceptors (Lipinski definition) is 6. The van der Waals surface area contributed by atoms with Gasteiger partial charge in [-0.05, 0) is 29.6 Å². The van der Waals surface area contributed by atoms with Crippen LogP contribution in [0.4, 0.5) is 9.52 Å². The largest absolute Gasteiger partial charge is 0.302 e. The molecule has 3 aromatic heterocycles. The van der Waals surface area contributed by atoms with Crippen molar-refractivity contribution in [3.63, 3.8) is 0 Å². The van der Waals surface area contributed by atoms with E-state index < -0.39 is 5.82 Å². The molecule has 0 aliphatic heterocycles. The summed E-state index contributed by atoms with van der Waals surface area (Å²) in [7, 11) is 0. The Labute approximate surface area is 171 Å². The first-order chi connectivity index (χ1) is 13.5. The molecule has 0 unspecified atom stereocenters. The van der Waals surface area contributed by atoms with Gasteiger partial charge in [0.15, 0.2) is 5.13 Å². The van der Waals surface area contributed by atoms with Gasteiger partial charge in [0.05, 0.1) is 22.4 Å². The van der Waals surface area contributed by atoms with Crippen LogP contribution in [-0.2, 0) is 11.3 Å². The van der Waals surface area contributed by atoms with E-state index in [0.29, 0.717) is 26.6 Å². The van der Waals surface area contributed by atoms with E-state index in [0.717, 1.165) is 0 Å². The van der Waals surface area contributed by atoms with E-state index in [1.165, 1.54) is 45.7 Å². The summed E-state index contributed by atoms with van der Waals surface area (Å²) in [4.78, 5) is 33.8. The standard InChI is InChI=1S/C18H12ClFN4O2S2/c19-12-7-10(1-2-13(12)20)14-8-28-18(22-14)23-15(25)3-5-24-9-21-16-11(17(24)26)4-6-27-16/h1-2,4,6-9H,3,5H2,(H,22,23,25). The molecule has 1 N–H and O–H groups in total. The first kappa shape index (κ1) is 18.7. The van der Waals surface area contributed by atoms with Crippen LogP contribution in [0, 0.1) is 5.82 Å². The van der Waals surface area contributed by atoms with Gasteiger partial charge >= 0.3 is 0 Å². The Morgan fingerprint density at radius 1 is 1.29 bits per heavy atom. The van der Waals surface area contributed by atoms with Crippen molar-refractivity contribution >= 4 is 55.5 Å². The maximum Gasteiger partial charge on any atom is 0.262 e. The van der Waals surface area contributed by atoms with E-state index in [-0.39, 0.29) is 29.5 Å². The van der Waals surface area contributed by atoms with Crippen LogP contribution in [0.5, 0.6) is 0 Å². The molecule has 0 saturated carbocycles. The lowest BCUT2D eigenvalue weighted by Crippen LogP contribution is -2.23. The average molecular weight is 435 g/mol. The third-order valence-corrected chi connectivity index (χ3v) is 5.86. The van der Waals surface area contributed by atoms with Crippen molar-refractivity contribution in [2.75, 3.05) is 5.32 Å². The maximum absolute atomic E-state index is 13.3. The minimum Gasteiger partial charge on any atom is -0.302 e. The van der Waals surface area contributed by atoms with Crippen molar-refractivity contribution < 1.29 is 9.18 Å². The van der Waals surface area contributed by atoms with Gasteiger partial charge < -0.3 is 5.32 Å². The van der Waals surface area contributed by atoms with Gasteiger partial charge in [0.1, 0.15) is 10.6 Å². The predicted molar refractivity (Wildman–Crippen MR) is 110 cm³/mol. The first-order valence-electron chi connectivity index (χ1n) is 8.15. The number of nitrogens with one attached hydrogen (secondary N) is 1. The van der Waals surface area contributed by atoms with Crippen LogP contribution in [0.2, 0.25) is 5.02 Å². The molecule has 1 amide bonds. The molecule has 4 aromatic rings. The van der Waals surface area contributed by atoms with Gasteiger partial charge in [0, 0.05) is 23.9 Å². The molecular formula is C18H12ClFN4O2S2. The SMILES string of the molecule is O=C(CCn1cnc2sccc2c1=O)Nc1nc(-c2ccc(F)c(Cl)c2)cs1. The zero-order chi connectivity index (χ0) is 19.7. The Balaban J connectivity index is 1.41. The van der Waals surface area contributed by atoms with Crippen molar-refractivity contribution in [3.05, 3.63) is 62.5 Å². The number of benzene rings is 1. The van der Waals surface area contributed by atoms with Gasteiger partial charge in [-0.2, -0.15) is 0 Å². The summed E-state index contributed by atoms with van der Waals surface area (Å²) in [6.45, 7) is 0.218. The Bertz CT molecular complexity index is 1230. The normalized spacial score (nSPS) is 11.1. The Kier molecular flexibility index (Phi) is 5.21. The Morgan fingerprint density at radius 2 is 2.14 bits per heavy atom. The number of carbonyl (C=O) groups is 1. The number of halogens is 2. The van der Waals surface area contributed by atoms with E-state index in [1.54, 1.807) is 17.5 Å². The number of carbonyl (C=O) groups excluding carboxylic acids is 1. The van der Waals surface area contributed by atoms with Crippen LogP contribution in [0.3, 0.4) is 0 Å². The highest BCUT2D eigenvalue weighted by Gasteiger charge is 2.11. The average Bonchev–Trinajstić information content (AvgIpc) is 3.33. The van der Waals surface area contributed by atoms with Gasteiger partial charge in [-0.1, -0.05) is 11.6 Å². The monoisotopic (exact) mass is 434 g/mol. The number of hydrogen-bond donors (Lipinski definition) is 1. The number of nitrogens with zero attached hydrogens (tertiary/aromatic N) is 3. The highest BCUT2D eigenvalue weighted by Crippen LogP contribution is 2.28. The third kappa shape index (κ3) is 3.82. The molecule has 0 aliphatic carbocycles. The molecular weight excluding hydrogens is 423 g/mol. The molecule has 10 heteroatoms. The summed E-state index contributed by atoms with van der Waals surface area (Å²) in [5, 5.41) is 7.24. The van der Waals surface area contributed by atoms with Gasteiger partial charge in [0.25, 0.3) is 5.56 Å². The lowest BCUT2D eigenvalue weighted by Gasteiger charge is -2.05. The highest BCUT2D eigenvalue weighted by atomic mass is 35.5. The minimum absolute atomic E-state index is 0.0118. The molecule has 0 atom stereocenters. The molecule has 0 fully saturated rings. The van der Waals surface area contributed by atoms with Crippen molar-refractivity contribution in [1.82, 2.24) is 14.5 Å². The van der Waals surface area contributed by atoms with E-state index >= 15 is 0 Å². The quantitative estimate of drug-likeness (QED) is 0.505. The highest BCUT2D eigenvalue weighted by molar-refractivity contribution is 7.16. The summed E-state index contributed by atoms with van der Waals surface area (Å²) in [5.74, 6) is -0.769. The molecule has 3 heterocycles. The maximum atomic E-state index is 13.3. The van der Waals surface area contributed by atoms with Gasteiger partial charge in [-0.15, -0.1) is 22.7 Å². The van der Waals surface area contributed by atoms with Crippen molar-refractivity contribution in [2.45, 2.75) is 13.0 Å². The molecule has 0 saturated heterocycles. The van der Waals surface area contributed by atoms with Crippen molar-refractivity contribution in [1.29, 1.82) is 0 Å². The Morgan fingerprint density at radius 3 is 2.96 bits per heavy atom. The van der Waals surface area contributed by atoms with E-state index in [9.17, 15) is 14.0 Å². The first-order valence-corrected chi connectivity index (χ1v) is 10.3. The second-order valence-corrected chi connectivity index (χ2v) is 8.01. The predicted octanol–water partition coefficient (Wildman–Crippen LogP) is 4.40. The molecule has 28 heavy (non-hydrogen) atoms. The summed E-state index contributed by atoms with van der Waals surface area (Å²) >= 11 is 8.44. The number of thiophene rings is 1. The van der Waals surface area contributed by atoms with E-state index in [1.807, 2.05) is 5.38 Å². The number of rotatable bonds is 5. The van der Waals surface area contributed by atoms with Gasteiger partial charge in [-0.25, -0.2) is 14.4 Å². The fourth-order valence-corrected chi connectivity index (χ4v) is 4.22. The lowest BCUT2D eigenvalue weighted by atomic mass is 10.2. The minimum atomic E-state index is -0.500. The summed E-state index contributed by atoms with van der Waals surface area (Å²) < 4.78 is 14.7. The van der Waals surface area contributed by atoms with Crippen molar-refractivity contribution in [2.24, 2.45) is 0 Å². The summed E-state index contributed by atoms with van der Waals surface area (Å²) in [6.07, 6.45) is 1.56. The summed E-state index contributed by atoms with van der Waals surface area (Å²) in [6, 6.07) is 6.05. The third-order valence-electron chi connectivity index (χ3n) is 4.00. The molecule has 0 aliphatic rings. The zero-order valence-corrected chi connectivity index (χ0v) is 16.6. The number of aryl methyl sites for hydroxylation is 1. The molecule has 1 aromatic carbocycles. The smallest absolute Gasteiger partial charge is 0.262 e. The van der Waals surface area contributed by atoms with Crippen LogP contribution in [0.1, 0.15) is 6.42 Å². The molecule has 0 radical (unpaired) electrons. The number of thiazole rings is 1. The van der Waals surface area contributed by atoms with Gasteiger partial charge in [0.2, 0.25) is 5.91 Å². The van der Waals surface area contributed by atoms with Crippen LogP contribution in [0.15, 0.2) is 46.1 Å². The van der Waals surface area contributed by atoms with Crippen LogP contribution in [0.25, 0.3) is 21.5 Å². The fourth-order valence-electron chi connectivity index (χ4n) is 2.58. The molecule has 0 bridgehead atoms. The summed E-state index contributed by atoms with van der Waals surface area (Å²) in [5.41, 5.74) is 1.08. The van der Waals surface area contributed by atoms with Crippen LogP contribution < -0.4 is 10.9 Å². The van der Waals surface area contributed by atoms with Crippen LogP contribution in [-0.4, -0.2) is 20.4 Å². The number of anilines is 1. The van der Waals surface area contributed by atoms with Gasteiger partial charge in [-0.3, -0.25) is 14.2 Å². The lowest BCUT2D eigenvalue weighted by molar-refractivity contribution is -0.116. The number of amides is 1. The topological polar surface area (TPSA) is 76.9 Å². The second kappa shape index (κ2) is 7.78. The zero-order valence-electron chi connectivity index (χ0n) is 14.2. The molecule has 142 valence electrons. The molecule has 6 nitrogen and oxygen atoms in total. The van der Waals surface area contributed by atoms with Crippen molar-refractivity contribution in [3.8, 4) is 11.3 Å². The molecule has 0 spiro atoms. The molecule has 4 rings (SSSR count). The van der Waals surface area contributed by atoms with E-state index in [2.05, 4.69) is 15.3 Å². The van der Waals surface area contributed by atoms with E-state index in [4.69, 9.17) is 11.6 Å². The fraction of sp³-hybridized carbons (Fsp3) is 0.111. The number of fused-ring (bicyclic) bond motifs is 1. The second-order valence-electron chi connectivity index (χ2n) is 5.85. The van der Waals surface area contributed by atoms with Crippen LogP contribution >= 0.6 is 34.3 Å². The Hall–Kier alpha value is -2.62. The number of aromatic nitrogens is 3.